The number of amides is 1. The highest BCUT2D eigenvalue weighted by Crippen LogP contribution is 2.34. The Bertz CT molecular complexity index is 1240. The van der Waals surface area contributed by atoms with Crippen LogP contribution >= 0.6 is 22.6 Å². The molecule has 174 valence electrons. The van der Waals surface area contributed by atoms with E-state index in [1.165, 1.54) is 29.5 Å². The molecular formula is C22H23F2IN6O2. The van der Waals surface area contributed by atoms with Crippen LogP contribution in [0.25, 0.3) is 11.0 Å². The Morgan fingerprint density at radius 3 is 2.82 bits per heavy atom. The molecule has 33 heavy (non-hydrogen) atoms. The van der Waals surface area contributed by atoms with Gasteiger partial charge in [0.1, 0.15) is 11.3 Å². The van der Waals surface area contributed by atoms with Gasteiger partial charge in [-0.25, -0.2) is 13.8 Å². The van der Waals surface area contributed by atoms with Crippen molar-refractivity contribution < 1.29 is 18.7 Å². The minimum absolute atomic E-state index is 0.00713. The number of imidazole rings is 1. The smallest absolute Gasteiger partial charge is 0.270 e. The number of β-amino-alcohol motifs (C(OH)–C–C–N with tert-alkyl or cyclic N) is 1. The number of halogens is 3. The molecule has 3 aromatic rings. The van der Waals surface area contributed by atoms with Gasteiger partial charge in [-0.05, 0) is 66.2 Å². The van der Waals surface area contributed by atoms with Crippen LogP contribution in [-0.2, 0) is 7.05 Å². The second-order valence-corrected chi connectivity index (χ2v) is 9.76. The second-order valence-electron chi connectivity index (χ2n) is 8.52. The molecule has 0 saturated carbocycles. The lowest BCUT2D eigenvalue weighted by Crippen LogP contribution is -2.79. The van der Waals surface area contributed by atoms with E-state index >= 15 is 4.39 Å². The number of benzene rings is 2. The highest BCUT2D eigenvalue weighted by atomic mass is 127. The Kier molecular flexibility index (Phi) is 5.75. The van der Waals surface area contributed by atoms with Crippen LogP contribution in [0.1, 0.15) is 29.6 Å². The molecule has 2 saturated heterocycles. The van der Waals surface area contributed by atoms with Crippen molar-refractivity contribution >= 4 is 50.9 Å². The standard InChI is InChI=1S/C22H23F2IN6O2/c1-30-11-27-20-16(30)9-13(19(18(20)24)28-15-6-5-12(25)8-14(15)23)21(32)31-10-22(33,29-31)17-4-2-3-7-26-17/h5-6,8-9,11,17,26,28-29,33H,2-4,7,10H2,1H3. The molecule has 2 aliphatic heterocycles. The van der Waals surface area contributed by atoms with Gasteiger partial charge < -0.3 is 20.3 Å². The third kappa shape index (κ3) is 3.96. The fourth-order valence-corrected chi connectivity index (χ4v) is 4.87. The summed E-state index contributed by atoms with van der Waals surface area (Å²) < 4.78 is 32.3. The van der Waals surface area contributed by atoms with E-state index in [2.05, 4.69) is 21.0 Å². The van der Waals surface area contributed by atoms with Gasteiger partial charge in [0.2, 0.25) is 0 Å². The zero-order chi connectivity index (χ0) is 23.3. The molecule has 2 aromatic carbocycles. The molecule has 0 spiro atoms. The van der Waals surface area contributed by atoms with E-state index in [-0.39, 0.29) is 35.0 Å². The van der Waals surface area contributed by atoms with Crippen LogP contribution in [0.2, 0.25) is 0 Å². The number of nitrogens with one attached hydrogen (secondary N) is 3. The summed E-state index contributed by atoms with van der Waals surface area (Å²) in [7, 11) is 1.70. The Hall–Kier alpha value is -2.35. The maximum absolute atomic E-state index is 15.5. The summed E-state index contributed by atoms with van der Waals surface area (Å²) in [6.45, 7) is 0.854. The van der Waals surface area contributed by atoms with E-state index in [1.54, 1.807) is 17.7 Å². The Morgan fingerprint density at radius 2 is 2.12 bits per heavy atom. The molecule has 2 atom stereocenters. The van der Waals surface area contributed by atoms with Crippen molar-refractivity contribution in [2.75, 3.05) is 18.4 Å². The number of aliphatic hydroxyl groups is 1. The van der Waals surface area contributed by atoms with E-state index in [9.17, 15) is 14.3 Å². The number of anilines is 2. The highest BCUT2D eigenvalue weighted by molar-refractivity contribution is 14.1. The van der Waals surface area contributed by atoms with E-state index in [4.69, 9.17) is 0 Å². The lowest BCUT2D eigenvalue weighted by molar-refractivity contribution is -0.172. The van der Waals surface area contributed by atoms with E-state index < -0.39 is 23.3 Å². The Labute approximate surface area is 202 Å². The SMILES string of the molecule is Cn1cnc2c(F)c(Nc3ccc(I)cc3F)c(C(=O)N3CC(O)(C4CCCCN4)N3)cc21. The number of aromatic nitrogens is 2. The average Bonchev–Trinajstić information content (AvgIpc) is 3.16. The molecule has 2 unspecified atom stereocenters. The minimum Gasteiger partial charge on any atom is -0.371 e. The predicted molar refractivity (Wildman–Crippen MR) is 128 cm³/mol. The molecule has 11 heteroatoms. The Morgan fingerprint density at radius 1 is 1.33 bits per heavy atom. The number of aryl methyl sites for hydroxylation is 1. The number of hydrogen-bond donors (Lipinski definition) is 4. The molecule has 1 amide bonds. The van der Waals surface area contributed by atoms with Crippen LogP contribution < -0.4 is 16.1 Å². The van der Waals surface area contributed by atoms with Gasteiger partial charge in [0.15, 0.2) is 11.5 Å². The number of fused-ring (bicyclic) bond motifs is 1. The molecule has 1 aromatic heterocycles. The summed E-state index contributed by atoms with van der Waals surface area (Å²) in [5.41, 5.74) is 1.97. The maximum Gasteiger partial charge on any atom is 0.270 e. The second kappa shape index (κ2) is 8.46. The summed E-state index contributed by atoms with van der Waals surface area (Å²) in [5, 5.41) is 18.2. The number of carbonyl (C=O) groups is 1. The third-order valence-electron chi connectivity index (χ3n) is 6.24. The van der Waals surface area contributed by atoms with Crippen LogP contribution in [-0.4, -0.2) is 50.4 Å². The summed E-state index contributed by atoms with van der Waals surface area (Å²) in [4.78, 5) is 17.5. The number of nitrogens with zero attached hydrogens (tertiary/aromatic N) is 3. The van der Waals surface area contributed by atoms with Crippen molar-refractivity contribution in [2.24, 2.45) is 7.05 Å². The largest absolute Gasteiger partial charge is 0.371 e. The van der Waals surface area contributed by atoms with Gasteiger partial charge in [-0.3, -0.25) is 9.80 Å². The topological polar surface area (TPSA) is 94.5 Å². The lowest BCUT2D eigenvalue weighted by atomic mass is 9.92. The quantitative estimate of drug-likeness (QED) is 0.362. The normalized spacial score (nSPS) is 22.9. The molecule has 2 aliphatic rings. The van der Waals surface area contributed by atoms with Crippen molar-refractivity contribution in [1.29, 1.82) is 0 Å². The van der Waals surface area contributed by atoms with Crippen molar-refractivity contribution in [1.82, 2.24) is 25.3 Å². The van der Waals surface area contributed by atoms with Crippen molar-refractivity contribution in [3.05, 3.63) is 51.4 Å². The number of rotatable bonds is 4. The van der Waals surface area contributed by atoms with Gasteiger partial charge in [-0.2, -0.15) is 5.43 Å². The molecule has 2 fully saturated rings. The number of hydrogen-bond acceptors (Lipinski definition) is 6. The lowest BCUT2D eigenvalue weighted by Gasteiger charge is -2.52. The zero-order valence-corrected chi connectivity index (χ0v) is 20.0. The monoisotopic (exact) mass is 568 g/mol. The van der Waals surface area contributed by atoms with Gasteiger partial charge in [-0.1, -0.05) is 6.42 Å². The summed E-state index contributed by atoms with van der Waals surface area (Å²) in [6.07, 6.45) is 4.28. The van der Waals surface area contributed by atoms with Crippen LogP contribution in [0.4, 0.5) is 20.2 Å². The van der Waals surface area contributed by atoms with Gasteiger partial charge in [0, 0.05) is 10.6 Å². The van der Waals surface area contributed by atoms with Gasteiger partial charge in [0.05, 0.1) is 41.4 Å². The first-order valence-corrected chi connectivity index (χ1v) is 11.8. The summed E-state index contributed by atoms with van der Waals surface area (Å²) in [6, 6.07) is 5.83. The van der Waals surface area contributed by atoms with Crippen LogP contribution in [0.5, 0.6) is 0 Å². The molecule has 8 nitrogen and oxygen atoms in total. The fraction of sp³-hybridized carbons (Fsp3) is 0.364. The van der Waals surface area contributed by atoms with Crippen molar-refractivity contribution in [3.63, 3.8) is 0 Å². The molecule has 0 bridgehead atoms. The predicted octanol–water partition coefficient (Wildman–Crippen LogP) is 2.99. The highest BCUT2D eigenvalue weighted by Gasteiger charge is 2.49. The number of hydrazine groups is 1. The fourth-order valence-electron chi connectivity index (χ4n) is 4.41. The first kappa shape index (κ1) is 22.4. The van der Waals surface area contributed by atoms with Crippen LogP contribution in [0.3, 0.4) is 0 Å². The van der Waals surface area contributed by atoms with E-state index in [0.29, 0.717) is 9.09 Å². The zero-order valence-electron chi connectivity index (χ0n) is 17.8. The number of carbonyl (C=O) groups excluding carboxylic acids is 1. The molecule has 4 N–H and O–H groups in total. The molecule has 5 rings (SSSR count). The van der Waals surface area contributed by atoms with Crippen molar-refractivity contribution in [3.8, 4) is 0 Å². The minimum atomic E-state index is -1.25. The molecular weight excluding hydrogens is 545 g/mol. The molecule has 0 aliphatic carbocycles. The first-order valence-electron chi connectivity index (χ1n) is 10.7. The van der Waals surface area contributed by atoms with E-state index in [0.717, 1.165) is 25.8 Å². The van der Waals surface area contributed by atoms with E-state index in [1.807, 2.05) is 22.6 Å². The first-order chi connectivity index (χ1) is 15.8. The summed E-state index contributed by atoms with van der Waals surface area (Å²) >= 11 is 1.98. The summed E-state index contributed by atoms with van der Waals surface area (Å²) in [5.74, 6) is -1.86. The average molecular weight is 568 g/mol. The molecule has 0 radical (unpaired) electrons. The number of piperidine rings is 1. The Balaban J connectivity index is 1.49. The molecule has 3 heterocycles. The van der Waals surface area contributed by atoms with Crippen LogP contribution in [0, 0.1) is 15.2 Å². The van der Waals surface area contributed by atoms with Crippen LogP contribution in [0.15, 0.2) is 30.6 Å². The van der Waals surface area contributed by atoms with Gasteiger partial charge in [-0.15, -0.1) is 0 Å². The third-order valence-corrected chi connectivity index (χ3v) is 6.91. The van der Waals surface area contributed by atoms with Gasteiger partial charge >= 0.3 is 0 Å². The maximum atomic E-state index is 15.5. The van der Waals surface area contributed by atoms with Gasteiger partial charge in [0.25, 0.3) is 5.91 Å². The van der Waals surface area contributed by atoms with Crippen molar-refractivity contribution in [2.45, 2.75) is 31.0 Å².